The fraction of sp³-hybridized carbons (Fsp3) is 0.550. The van der Waals surface area contributed by atoms with Crippen LogP contribution in [0, 0.1) is 5.92 Å². The molecule has 2 bridgehead atoms. The minimum atomic E-state index is -0.236. The number of nitrogens with one attached hydrogen (secondary N) is 1. The van der Waals surface area contributed by atoms with E-state index in [1.54, 1.807) is 31.0 Å². The van der Waals surface area contributed by atoms with Crippen molar-refractivity contribution < 1.29 is 19.1 Å². The Labute approximate surface area is 165 Å². The van der Waals surface area contributed by atoms with Gasteiger partial charge in [0.25, 0.3) is 0 Å². The molecule has 0 aliphatic carbocycles. The molecule has 3 heterocycles. The van der Waals surface area contributed by atoms with Crippen molar-refractivity contribution in [1.82, 2.24) is 20.0 Å². The molecule has 3 aliphatic heterocycles. The lowest BCUT2D eigenvalue weighted by Crippen LogP contribution is -2.51. The highest BCUT2D eigenvalue weighted by Gasteiger charge is 2.42. The van der Waals surface area contributed by atoms with Gasteiger partial charge in [0.15, 0.2) is 0 Å². The Kier molecular flexibility index (Phi) is 6.06. The smallest absolute Gasteiger partial charge is 0.317 e. The Hall–Kier alpha value is -2.77. The monoisotopic (exact) mass is 388 g/mol. The number of fused-ring (bicyclic) bond motifs is 4. The molecule has 0 saturated carbocycles. The molecule has 3 saturated heterocycles. The first-order valence-electron chi connectivity index (χ1n) is 9.55. The molecule has 1 aromatic carbocycles. The van der Waals surface area contributed by atoms with Gasteiger partial charge in [0.1, 0.15) is 12.3 Å². The summed E-state index contributed by atoms with van der Waals surface area (Å²) < 4.78 is 5.14. The third-order valence-corrected chi connectivity index (χ3v) is 5.49. The van der Waals surface area contributed by atoms with Crippen molar-refractivity contribution in [3.63, 3.8) is 0 Å². The molecule has 0 unspecified atom stereocenters. The maximum atomic E-state index is 12.8. The zero-order chi connectivity index (χ0) is 20.3. The van der Waals surface area contributed by atoms with Crippen LogP contribution in [0.1, 0.15) is 18.4 Å². The number of urea groups is 1. The van der Waals surface area contributed by atoms with E-state index in [-0.39, 0.29) is 36.3 Å². The number of amides is 4. The zero-order valence-corrected chi connectivity index (χ0v) is 16.7. The largest absolute Gasteiger partial charge is 0.497 e. The van der Waals surface area contributed by atoms with Gasteiger partial charge in [-0.2, -0.15) is 0 Å². The fourth-order valence-electron chi connectivity index (χ4n) is 3.73. The highest BCUT2D eigenvalue weighted by atomic mass is 16.5. The van der Waals surface area contributed by atoms with Crippen LogP contribution in [0.25, 0.3) is 0 Å². The fourth-order valence-corrected chi connectivity index (χ4v) is 3.73. The third kappa shape index (κ3) is 4.37. The van der Waals surface area contributed by atoms with Crippen molar-refractivity contribution in [2.75, 3.05) is 40.8 Å². The summed E-state index contributed by atoms with van der Waals surface area (Å²) in [5.41, 5.74) is 0.973. The lowest BCUT2D eigenvalue weighted by Gasteiger charge is -2.35. The summed E-state index contributed by atoms with van der Waals surface area (Å²) in [7, 11) is 4.98. The van der Waals surface area contributed by atoms with Crippen molar-refractivity contribution in [2.24, 2.45) is 5.92 Å². The molecule has 3 fully saturated rings. The van der Waals surface area contributed by atoms with Crippen molar-refractivity contribution >= 4 is 17.8 Å². The standard InChI is InChI=1S/C20H28N4O4/c1-22(2)18(25)13-24-16-7-6-15(19(24)26)11-23(12-16)20(27)21-10-14-4-8-17(28-3)9-5-14/h4-5,8-9,15-16H,6-7,10-13H2,1-3H3,(H,21,27)/t15-,16+/m1/s1. The summed E-state index contributed by atoms with van der Waals surface area (Å²) in [6.45, 7) is 1.34. The quantitative estimate of drug-likeness (QED) is 0.813. The van der Waals surface area contributed by atoms with Gasteiger partial charge in [0.05, 0.1) is 13.0 Å². The van der Waals surface area contributed by atoms with Gasteiger partial charge >= 0.3 is 6.03 Å². The van der Waals surface area contributed by atoms with Crippen LogP contribution in [0.2, 0.25) is 0 Å². The van der Waals surface area contributed by atoms with E-state index in [0.29, 0.717) is 19.6 Å². The molecule has 0 spiro atoms. The molecule has 4 rings (SSSR count). The Morgan fingerprint density at radius 3 is 2.54 bits per heavy atom. The van der Waals surface area contributed by atoms with Crippen LogP contribution in [-0.4, -0.2) is 79.4 Å². The van der Waals surface area contributed by atoms with E-state index in [1.165, 1.54) is 4.90 Å². The average Bonchev–Trinajstić information content (AvgIpc) is 2.99. The maximum Gasteiger partial charge on any atom is 0.317 e. The second-order valence-electron chi connectivity index (χ2n) is 7.59. The highest BCUT2D eigenvalue weighted by molar-refractivity contribution is 5.87. The van der Waals surface area contributed by atoms with Crippen LogP contribution >= 0.6 is 0 Å². The van der Waals surface area contributed by atoms with Gasteiger partial charge in [0, 0.05) is 39.8 Å². The Balaban J connectivity index is 1.61. The minimum Gasteiger partial charge on any atom is -0.497 e. The molecule has 152 valence electrons. The van der Waals surface area contributed by atoms with Crippen LogP contribution < -0.4 is 10.1 Å². The molecule has 4 amide bonds. The van der Waals surface area contributed by atoms with Crippen LogP contribution in [-0.2, 0) is 16.1 Å². The number of likely N-dealkylation sites (N-methyl/N-ethyl adjacent to an activating group) is 1. The summed E-state index contributed by atoms with van der Waals surface area (Å²) in [6, 6.07) is 7.23. The number of ether oxygens (including phenoxy) is 1. The molecular formula is C20H28N4O4. The van der Waals surface area contributed by atoms with Gasteiger partial charge in [-0.25, -0.2) is 4.79 Å². The number of hydrogen-bond acceptors (Lipinski definition) is 4. The molecular weight excluding hydrogens is 360 g/mol. The second-order valence-corrected chi connectivity index (χ2v) is 7.59. The predicted octanol–water partition coefficient (Wildman–Crippen LogP) is 0.916. The lowest BCUT2D eigenvalue weighted by molar-refractivity contribution is -0.145. The molecule has 2 atom stereocenters. The van der Waals surface area contributed by atoms with E-state index in [4.69, 9.17) is 4.74 Å². The lowest BCUT2D eigenvalue weighted by atomic mass is 9.94. The summed E-state index contributed by atoms with van der Waals surface area (Å²) in [5, 5.41) is 2.93. The van der Waals surface area contributed by atoms with E-state index in [9.17, 15) is 14.4 Å². The van der Waals surface area contributed by atoms with Gasteiger partial charge in [0.2, 0.25) is 11.8 Å². The van der Waals surface area contributed by atoms with Gasteiger partial charge in [-0.05, 0) is 30.5 Å². The van der Waals surface area contributed by atoms with E-state index in [1.807, 2.05) is 24.3 Å². The normalized spacial score (nSPS) is 21.3. The van der Waals surface area contributed by atoms with E-state index in [0.717, 1.165) is 24.2 Å². The van der Waals surface area contributed by atoms with Crippen LogP contribution in [0.5, 0.6) is 5.75 Å². The number of carbonyl (C=O) groups is 3. The Bertz CT molecular complexity index is 734. The van der Waals surface area contributed by atoms with Gasteiger partial charge in [-0.15, -0.1) is 0 Å². The maximum absolute atomic E-state index is 12.8. The van der Waals surface area contributed by atoms with Gasteiger partial charge in [-0.3, -0.25) is 9.59 Å². The SMILES string of the molecule is COc1ccc(CNC(=O)N2C[C@H]3CC[C@@H](C2)N(CC(=O)N(C)C)C3=O)cc1. The summed E-state index contributed by atoms with van der Waals surface area (Å²) in [4.78, 5) is 42.4. The van der Waals surface area contributed by atoms with E-state index >= 15 is 0 Å². The van der Waals surface area contributed by atoms with Gasteiger partial charge in [-0.1, -0.05) is 12.1 Å². The molecule has 0 aromatic heterocycles. The number of benzene rings is 1. The first kappa shape index (κ1) is 20.0. The Morgan fingerprint density at radius 1 is 1.18 bits per heavy atom. The van der Waals surface area contributed by atoms with Crippen molar-refractivity contribution in [2.45, 2.75) is 25.4 Å². The van der Waals surface area contributed by atoms with Crippen molar-refractivity contribution in [1.29, 1.82) is 0 Å². The molecule has 8 heteroatoms. The number of hydrogen-bond donors (Lipinski definition) is 1. The first-order valence-corrected chi connectivity index (χ1v) is 9.55. The minimum absolute atomic E-state index is 0.0168. The van der Waals surface area contributed by atoms with Crippen molar-refractivity contribution in [3.8, 4) is 5.75 Å². The molecule has 1 N–H and O–H groups in total. The number of piperidine rings is 1. The number of methoxy groups -OCH3 is 1. The number of carbonyl (C=O) groups excluding carboxylic acids is 3. The zero-order valence-electron chi connectivity index (χ0n) is 16.7. The molecule has 0 radical (unpaired) electrons. The summed E-state index contributed by atoms with van der Waals surface area (Å²) in [6.07, 6.45) is 1.58. The van der Waals surface area contributed by atoms with Crippen molar-refractivity contribution in [3.05, 3.63) is 29.8 Å². The topological polar surface area (TPSA) is 82.2 Å². The predicted molar refractivity (Wildman–Crippen MR) is 104 cm³/mol. The summed E-state index contributed by atoms with van der Waals surface area (Å²) in [5.74, 6) is 0.416. The summed E-state index contributed by atoms with van der Waals surface area (Å²) >= 11 is 0. The van der Waals surface area contributed by atoms with E-state index in [2.05, 4.69) is 5.32 Å². The van der Waals surface area contributed by atoms with Gasteiger partial charge < -0.3 is 24.8 Å². The Morgan fingerprint density at radius 2 is 1.89 bits per heavy atom. The molecule has 8 nitrogen and oxygen atoms in total. The highest BCUT2D eigenvalue weighted by Crippen LogP contribution is 2.29. The van der Waals surface area contributed by atoms with Crippen LogP contribution in [0.3, 0.4) is 0 Å². The molecule has 3 aliphatic rings. The molecule has 28 heavy (non-hydrogen) atoms. The number of rotatable bonds is 5. The van der Waals surface area contributed by atoms with E-state index < -0.39 is 0 Å². The third-order valence-electron chi connectivity index (χ3n) is 5.49. The average molecular weight is 388 g/mol. The molecule has 1 aromatic rings. The first-order chi connectivity index (χ1) is 13.4. The number of nitrogens with zero attached hydrogens (tertiary/aromatic N) is 3. The van der Waals surface area contributed by atoms with Crippen LogP contribution in [0.4, 0.5) is 4.79 Å². The second kappa shape index (κ2) is 8.50. The van der Waals surface area contributed by atoms with Crippen LogP contribution in [0.15, 0.2) is 24.3 Å².